The first-order valence-electron chi connectivity index (χ1n) is 6.28. The average Bonchev–Trinajstić information content (AvgIpc) is 2.84. The van der Waals surface area contributed by atoms with Crippen LogP contribution < -0.4 is 5.63 Å². The first-order chi connectivity index (χ1) is 9.22. The van der Waals surface area contributed by atoms with Gasteiger partial charge in [-0.2, -0.15) is 0 Å². The highest BCUT2D eigenvalue weighted by Crippen LogP contribution is 2.29. The molecule has 2 heterocycles. The minimum atomic E-state index is -0.293. The molecule has 0 saturated carbocycles. The zero-order valence-corrected chi connectivity index (χ0v) is 10.9. The van der Waals surface area contributed by atoms with Gasteiger partial charge < -0.3 is 4.42 Å². The van der Waals surface area contributed by atoms with E-state index in [4.69, 9.17) is 4.42 Å². The van der Waals surface area contributed by atoms with Gasteiger partial charge in [0.1, 0.15) is 0 Å². The monoisotopic (exact) mass is 254 g/mol. The summed E-state index contributed by atoms with van der Waals surface area (Å²) in [5, 5.41) is 7.96. The Morgan fingerprint density at radius 1 is 1.26 bits per heavy atom. The Bertz CT molecular complexity index is 785. The number of hydrogen-bond donors (Lipinski definition) is 1. The molecule has 19 heavy (non-hydrogen) atoms. The van der Waals surface area contributed by atoms with E-state index in [2.05, 4.69) is 10.2 Å². The number of nitrogens with zero attached hydrogens (tertiary/aromatic N) is 1. The van der Waals surface area contributed by atoms with Crippen LogP contribution in [0.1, 0.15) is 18.1 Å². The van der Waals surface area contributed by atoms with Gasteiger partial charge in [0.2, 0.25) is 5.71 Å². The van der Waals surface area contributed by atoms with Crippen LogP contribution in [-0.2, 0) is 6.42 Å². The van der Waals surface area contributed by atoms with E-state index < -0.39 is 0 Å². The molecule has 3 rings (SSSR count). The van der Waals surface area contributed by atoms with E-state index in [1.54, 1.807) is 0 Å². The maximum Gasteiger partial charge on any atom is 0.341 e. The lowest BCUT2D eigenvalue weighted by atomic mass is 10.0. The minimum absolute atomic E-state index is 0.293. The summed E-state index contributed by atoms with van der Waals surface area (Å²) in [5.41, 5.74) is 3.67. The van der Waals surface area contributed by atoms with E-state index >= 15 is 0 Å². The lowest BCUT2D eigenvalue weighted by Crippen LogP contribution is -2.08. The fraction of sp³-hybridized carbons (Fsp3) is 0.200. The first-order valence-corrected chi connectivity index (χ1v) is 6.28. The molecular formula is C15H14N2O2. The maximum absolute atomic E-state index is 11.8. The van der Waals surface area contributed by atoms with Crippen LogP contribution in [0.5, 0.6) is 0 Å². The van der Waals surface area contributed by atoms with Crippen molar-refractivity contribution < 1.29 is 4.42 Å². The highest BCUT2D eigenvalue weighted by Gasteiger charge is 2.16. The number of nitrogens with one attached hydrogen (secondary N) is 1. The molecule has 1 N–H and O–H groups in total. The number of rotatable bonds is 2. The third-order valence-electron chi connectivity index (χ3n) is 3.41. The van der Waals surface area contributed by atoms with Crippen molar-refractivity contribution in [2.24, 2.45) is 0 Å². The summed E-state index contributed by atoms with van der Waals surface area (Å²) < 4.78 is 5.27. The van der Waals surface area contributed by atoms with Crippen LogP contribution in [-0.4, -0.2) is 10.2 Å². The molecule has 0 aliphatic carbocycles. The van der Waals surface area contributed by atoms with E-state index in [9.17, 15) is 4.79 Å². The Balaban J connectivity index is 2.37. The SMILES string of the molecule is CCc1c(C)c2c(-c3ccccc3)[nH]nc2oc1=O. The van der Waals surface area contributed by atoms with Gasteiger partial charge in [0, 0.05) is 11.1 Å². The highest BCUT2D eigenvalue weighted by atomic mass is 16.4. The van der Waals surface area contributed by atoms with Gasteiger partial charge in [-0.25, -0.2) is 4.79 Å². The van der Waals surface area contributed by atoms with Crippen LogP contribution in [0.4, 0.5) is 0 Å². The second-order valence-corrected chi connectivity index (χ2v) is 4.49. The van der Waals surface area contributed by atoms with Gasteiger partial charge >= 0.3 is 5.63 Å². The molecule has 0 aliphatic heterocycles. The van der Waals surface area contributed by atoms with Gasteiger partial charge in [0.25, 0.3) is 0 Å². The summed E-state index contributed by atoms with van der Waals surface area (Å²) in [5.74, 6) is 0. The van der Waals surface area contributed by atoms with E-state index in [1.165, 1.54) is 0 Å². The maximum atomic E-state index is 11.8. The van der Waals surface area contributed by atoms with Crippen molar-refractivity contribution in [1.29, 1.82) is 0 Å². The lowest BCUT2D eigenvalue weighted by molar-refractivity contribution is 0.538. The molecule has 2 aromatic heterocycles. The number of H-pyrrole nitrogens is 1. The number of aryl methyl sites for hydroxylation is 1. The van der Waals surface area contributed by atoms with Crippen molar-refractivity contribution in [1.82, 2.24) is 10.2 Å². The topological polar surface area (TPSA) is 58.9 Å². The van der Waals surface area contributed by atoms with E-state index in [0.29, 0.717) is 17.7 Å². The van der Waals surface area contributed by atoms with Crippen molar-refractivity contribution in [3.8, 4) is 11.3 Å². The minimum Gasteiger partial charge on any atom is -0.402 e. The molecule has 1 aromatic carbocycles. The molecule has 0 aliphatic rings. The molecule has 4 heteroatoms. The third-order valence-corrected chi connectivity index (χ3v) is 3.41. The van der Waals surface area contributed by atoms with Crippen LogP contribution in [0.2, 0.25) is 0 Å². The molecule has 96 valence electrons. The normalized spacial score (nSPS) is 11.1. The second-order valence-electron chi connectivity index (χ2n) is 4.49. The summed E-state index contributed by atoms with van der Waals surface area (Å²) in [6, 6.07) is 9.91. The zero-order valence-electron chi connectivity index (χ0n) is 10.9. The largest absolute Gasteiger partial charge is 0.402 e. The van der Waals surface area contributed by atoms with E-state index in [-0.39, 0.29) is 5.63 Å². The predicted molar refractivity (Wildman–Crippen MR) is 74.2 cm³/mol. The van der Waals surface area contributed by atoms with Crippen molar-refractivity contribution in [3.05, 3.63) is 51.9 Å². The van der Waals surface area contributed by atoms with Crippen LogP contribution >= 0.6 is 0 Å². The van der Waals surface area contributed by atoms with E-state index in [1.807, 2.05) is 44.2 Å². The Kier molecular flexibility index (Phi) is 2.71. The Morgan fingerprint density at radius 2 is 2.00 bits per heavy atom. The van der Waals surface area contributed by atoms with Gasteiger partial charge in [-0.1, -0.05) is 37.3 Å². The molecule has 4 nitrogen and oxygen atoms in total. The van der Waals surface area contributed by atoms with Gasteiger partial charge in [0.15, 0.2) is 0 Å². The van der Waals surface area contributed by atoms with E-state index in [0.717, 1.165) is 22.2 Å². The van der Waals surface area contributed by atoms with Crippen molar-refractivity contribution in [2.45, 2.75) is 20.3 Å². The van der Waals surface area contributed by atoms with Crippen molar-refractivity contribution >= 4 is 11.1 Å². The molecule has 0 amide bonds. The lowest BCUT2D eigenvalue weighted by Gasteiger charge is -2.04. The summed E-state index contributed by atoms with van der Waals surface area (Å²) >= 11 is 0. The summed E-state index contributed by atoms with van der Waals surface area (Å²) in [4.78, 5) is 11.8. The van der Waals surface area contributed by atoms with Crippen LogP contribution in [0.15, 0.2) is 39.5 Å². The molecular weight excluding hydrogens is 240 g/mol. The first kappa shape index (κ1) is 11.7. The molecule has 0 atom stereocenters. The van der Waals surface area contributed by atoms with Gasteiger partial charge in [0.05, 0.1) is 11.1 Å². The number of benzene rings is 1. The highest BCUT2D eigenvalue weighted by molar-refractivity contribution is 5.92. The van der Waals surface area contributed by atoms with Gasteiger partial charge in [-0.15, -0.1) is 5.10 Å². The van der Waals surface area contributed by atoms with Crippen LogP contribution in [0, 0.1) is 6.92 Å². The smallest absolute Gasteiger partial charge is 0.341 e. The van der Waals surface area contributed by atoms with Crippen molar-refractivity contribution in [3.63, 3.8) is 0 Å². The molecule has 3 aromatic rings. The number of hydrogen-bond acceptors (Lipinski definition) is 3. The third kappa shape index (κ3) is 1.76. The molecule has 0 bridgehead atoms. The van der Waals surface area contributed by atoms with Gasteiger partial charge in [-0.3, -0.25) is 5.10 Å². The Morgan fingerprint density at radius 3 is 2.68 bits per heavy atom. The summed E-state index contributed by atoms with van der Waals surface area (Å²) in [6.07, 6.45) is 0.656. The predicted octanol–water partition coefficient (Wildman–Crippen LogP) is 3.05. The van der Waals surface area contributed by atoms with Crippen molar-refractivity contribution in [2.75, 3.05) is 0 Å². The van der Waals surface area contributed by atoms with Gasteiger partial charge in [-0.05, 0) is 18.9 Å². The summed E-state index contributed by atoms with van der Waals surface area (Å²) in [7, 11) is 0. The standard InChI is InChI=1S/C15H14N2O2/c1-3-11-9(2)12-13(10-7-5-4-6-8-10)16-17-14(12)19-15(11)18/h4-8H,3H2,1-2H3,(H,16,17). The number of aromatic amines is 1. The molecule has 0 saturated heterocycles. The van der Waals surface area contributed by atoms with Crippen LogP contribution in [0.3, 0.4) is 0 Å². The molecule has 0 radical (unpaired) electrons. The molecule has 0 unspecified atom stereocenters. The quantitative estimate of drug-likeness (QED) is 0.764. The Hall–Kier alpha value is -2.36. The Labute approximate surface area is 110 Å². The second kappa shape index (κ2) is 4.39. The fourth-order valence-corrected chi connectivity index (χ4v) is 2.42. The molecule has 0 spiro atoms. The summed E-state index contributed by atoms with van der Waals surface area (Å²) in [6.45, 7) is 3.90. The fourth-order valence-electron chi connectivity index (χ4n) is 2.42. The average molecular weight is 254 g/mol. The van der Waals surface area contributed by atoms with Crippen LogP contribution in [0.25, 0.3) is 22.4 Å². The number of fused-ring (bicyclic) bond motifs is 1. The number of aromatic nitrogens is 2. The molecule has 0 fully saturated rings. The zero-order chi connectivity index (χ0) is 13.4.